The van der Waals surface area contributed by atoms with E-state index < -0.39 is 0 Å². The van der Waals surface area contributed by atoms with Gasteiger partial charge in [-0.2, -0.15) is 5.26 Å². The van der Waals surface area contributed by atoms with Gasteiger partial charge in [0.2, 0.25) is 0 Å². The highest BCUT2D eigenvalue weighted by Crippen LogP contribution is 2.15. The summed E-state index contributed by atoms with van der Waals surface area (Å²) in [5.74, 6) is 0.736. The smallest absolute Gasteiger partial charge is 0.0991 e. The molecule has 3 nitrogen and oxygen atoms in total. The van der Waals surface area contributed by atoms with Crippen molar-refractivity contribution >= 4 is 0 Å². The second-order valence-corrected chi connectivity index (χ2v) is 4.95. The van der Waals surface area contributed by atoms with Crippen LogP contribution in [-0.2, 0) is 11.3 Å². The molecule has 1 aromatic carbocycles. The van der Waals surface area contributed by atoms with Crippen molar-refractivity contribution in [1.29, 1.82) is 5.26 Å². The Morgan fingerprint density at radius 2 is 2.39 bits per heavy atom. The Balaban J connectivity index is 1.74. The molecule has 0 saturated carbocycles. The first-order chi connectivity index (χ1) is 8.79. The molecule has 2 rings (SSSR count). The van der Waals surface area contributed by atoms with Gasteiger partial charge in [0.25, 0.3) is 0 Å². The van der Waals surface area contributed by atoms with Crippen LogP contribution in [0.3, 0.4) is 0 Å². The molecule has 0 aromatic heterocycles. The number of nitrogens with zero attached hydrogens (tertiary/aromatic N) is 1. The highest BCUT2D eigenvalue weighted by Gasteiger charge is 2.14. The van der Waals surface area contributed by atoms with Crippen molar-refractivity contribution in [3.8, 4) is 6.07 Å². The molecule has 96 valence electrons. The van der Waals surface area contributed by atoms with Crippen molar-refractivity contribution < 1.29 is 4.74 Å². The fraction of sp³-hybridized carbons (Fsp3) is 0.533. The molecule has 1 aliphatic rings. The molecule has 0 bridgehead atoms. The largest absolute Gasteiger partial charge is 0.381 e. The third-order valence-electron chi connectivity index (χ3n) is 3.54. The second-order valence-electron chi connectivity index (χ2n) is 4.95. The number of hydrogen-bond donors (Lipinski definition) is 1. The van der Waals surface area contributed by atoms with Gasteiger partial charge in [-0.3, -0.25) is 0 Å². The van der Waals surface area contributed by atoms with E-state index in [1.165, 1.54) is 24.0 Å². The first-order valence-corrected chi connectivity index (χ1v) is 6.57. The average Bonchev–Trinajstić information content (AvgIpc) is 2.89. The van der Waals surface area contributed by atoms with Gasteiger partial charge < -0.3 is 10.1 Å². The maximum Gasteiger partial charge on any atom is 0.0991 e. The maximum absolute atomic E-state index is 8.81. The molecule has 1 fully saturated rings. The van der Waals surface area contributed by atoms with Crippen LogP contribution in [0.25, 0.3) is 0 Å². The normalized spacial score (nSPS) is 18.8. The minimum absolute atomic E-state index is 0.736. The number of rotatable bonds is 5. The summed E-state index contributed by atoms with van der Waals surface area (Å²) in [6, 6.07) is 8.04. The van der Waals surface area contributed by atoms with Gasteiger partial charge >= 0.3 is 0 Å². The Hall–Kier alpha value is -1.37. The van der Waals surface area contributed by atoms with E-state index in [1.54, 1.807) is 0 Å². The summed E-state index contributed by atoms with van der Waals surface area (Å²) in [7, 11) is 0. The monoisotopic (exact) mass is 244 g/mol. The standard InChI is InChI=1S/C15H20N2O/c1-12-8-14(9-16)2-3-15(12)10-17-6-4-13-5-7-18-11-13/h2-3,8,13,17H,4-7,10-11H2,1H3. The third kappa shape index (κ3) is 3.56. The molecule has 1 unspecified atom stereocenters. The molecule has 1 heterocycles. The molecule has 3 heteroatoms. The molecule has 0 amide bonds. The third-order valence-corrected chi connectivity index (χ3v) is 3.54. The zero-order valence-corrected chi connectivity index (χ0v) is 10.9. The number of benzene rings is 1. The highest BCUT2D eigenvalue weighted by atomic mass is 16.5. The number of ether oxygens (including phenoxy) is 1. The van der Waals surface area contributed by atoms with Gasteiger partial charge in [-0.1, -0.05) is 6.07 Å². The lowest BCUT2D eigenvalue weighted by molar-refractivity contribution is 0.184. The van der Waals surface area contributed by atoms with E-state index in [0.717, 1.165) is 37.8 Å². The zero-order valence-electron chi connectivity index (χ0n) is 10.9. The SMILES string of the molecule is Cc1cc(C#N)ccc1CNCCC1CCOC1. The van der Waals surface area contributed by atoms with Crippen molar-refractivity contribution in [2.75, 3.05) is 19.8 Å². The van der Waals surface area contributed by atoms with E-state index in [2.05, 4.69) is 18.3 Å². The lowest BCUT2D eigenvalue weighted by atomic mass is 10.0. The summed E-state index contributed by atoms with van der Waals surface area (Å²) in [5, 5.41) is 12.3. The van der Waals surface area contributed by atoms with E-state index in [1.807, 2.05) is 18.2 Å². The van der Waals surface area contributed by atoms with Gasteiger partial charge in [0.15, 0.2) is 0 Å². The van der Waals surface area contributed by atoms with Crippen LogP contribution in [0, 0.1) is 24.2 Å². The average molecular weight is 244 g/mol. The molecule has 0 radical (unpaired) electrons. The summed E-state index contributed by atoms with van der Waals surface area (Å²) in [4.78, 5) is 0. The van der Waals surface area contributed by atoms with E-state index >= 15 is 0 Å². The van der Waals surface area contributed by atoms with Crippen LogP contribution >= 0.6 is 0 Å². The molecule has 0 spiro atoms. The predicted octanol–water partition coefficient (Wildman–Crippen LogP) is 2.38. The number of aryl methyl sites for hydroxylation is 1. The minimum Gasteiger partial charge on any atom is -0.381 e. The molecule has 1 atom stereocenters. The van der Waals surface area contributed by atoms with Gasteiger partial charge in [-0.15, -0.1) is 0 Å². The molecule has 0 aliphatic carbocycles. The van der Waals surface area contributed by atoms with Crippen LogP contribution in [-0.4, -0.2) is 19.8 Å². The first kappa shape index (κ1) is 13.1. The molecular formula is C15H20N2O. The molecule has 18 heavy (non-hydrogen) atoms. The Morgan fingerprint density at radius 3 is 3.06 bits per heavy atom. The molecular weight excluding hydrogens is 224 g/mol. The number of nitriles is 1. The topological polar surface area (TPSA) is 45.0 Å². The predicted molar refractivity (Wildman–Crippen MR) is 71.1 cm³/mol. The number of nitrogens with one attached hydrogen (secondary N) is 1. The Kier molecular flexibility index (Phi) is 4.74. The molecule has 1 N–H and O–H groups in total. The van der Waals surface area contributed by atoms with Crippen molar-refractivity contribution in [2.45, 2.75) is 26.3 Å². The Labute approximate surface area is 109 Å². The molecule has 1 aromatic rings. The lowest BCUT2D eigenvalue weighted by Gasteiger charge is -2.10. The summed E-state index contributed by atoms with van der Waals surface area (Å²) < 4.78 is 5.36. The molecule has 1 saturated heterocycles. The minimum atomic E-state index is 0.736. The highest BCUT2D eigenvalue weighted by molar-refractivity contribution is 5.37. The Bertz CT molecular complexity index is 431. The van der Waals surface area contributed by atoms with E-state index in [0.29, 0.717) is 0 Å². The van der Waals surface area contributed by atoms with E-state index in [4.69, 9.17) is 10.00 Å². The fourth-order valence-corrected chi connectivity index (χ4v) is 2.30. The van der Waals surface area contributed by atoms with Crippen LogP contribution in [0.15, 0.2) is 18.2 Å². The van der Waals surface area contributed by atoms with Gasteiger partial charge in [0.1, 0.15) is 0 Å². The summed E-state index contributed by atoms with van der Waals surface area (Å²) in [6.07, 6.45) is 2.40. The quantitative estimate of drug-likeness (QED) is 0.809. The molecule has 1 aliphatic heterocycles. The summed E-state index contributed by atoms with van der Waals surface area (Å²) in [6.45, 7) is 5.83. The first-order valence-electron chi connectivity index (χ1n) is 6.57. The van der Waals surface area contributed by atoms with Gasteiger partial charge in [-0.25, -0.2) is 0 Å². The van der Waals surface area contributed by atoms with Crippen molar-refractivity contribution in [3.63, 3.8) is 0 Å². The number of hydrogen-bond acceptors (Lipinski definition) is 3. The van der Waals surface area contributed by atoms with E-state index in [-0.39, 0.29) is 0 Å². The van der Waals surface area contributed by atoms with Crippen LogP contribution < -0.4 is 5.32 Å². The van der Waals surface area contributed by atoms with Crippen LogP contribution in [0.4, 0.5) is 0 Å². The van der Waals surface area contributed by atoms with Crippen molar-refractivity contribution in [2.24, 2.45) is 5.92 Å². The van der Waals surface area contributed by atoms with Crippen LogP contribution in [0.1, 0.15) is 29.5 Å². The zero-order chi connectivity index (χ0) is 12.8. The van der Waals surface area contributed by atoms with Crippen molar-refractivity contribution in [3.05, 3.63) is 34.9 Å². The summed E-state index contributed by atoms with van der Waals surface area (Å²) in [5.41, 5.74) is 3.20. The van der Waals surface area contributed by atoms with Gasteiger partial charge in [0.05, 0.1) is 11.6 Å². The van der Waals surface area contributed by atoms with Gasteiger partial charge in [0, 0.05) is 19.8 Å². The van der Waals surface area contributed by atoms with Crippen LogP contribution in [0.2, 0.25) is 0 Å². The lowest BCUT2D eigenvalue weighted by Crippen LogP contribution is -2.18. The van der Waals surface area contributed by atoms with Crippen molar-refractivity contribution in [1.82, 2.24) is 5.32 Å². The second kappa shape index (κ2) is 6.53. The Morgan fingerprint density at radius 1 is 1.50 bits per heavy atom. The maximum atomic E-state index is 8.81. The van der Waals surface area contributed by atoms with E-state index in [9.17, 15) is 0 Å². The fourth-order valence-electron chi connectivity index (χ4n) is 2.30. The summed E-state index contributed by atoms with van der Waals surface area (Å²) >= 11 is 0. The van der Waals surface area contributed by atoms with Gasteiger partial charge in [-0.05, 0) is 55.5 Å². The van der Waals surface area contributed by atoms with Crippen LogP contribution in [0.5, 0.6) is 0 Å².